The van der Waals surface area contributed by atoms with Crippen molar-refractivity contribution in [3.05, 3.63) is 70.0 Å². The minimum absolute atomic E-state index is 0.0153. The first-order valence-electron chi connectivity index (χ1n) is 34.5. The van der Waals surface area contributed by atoms with Crippen molar-refractivity contribution in [2.45, 2.75) is 186 Å². The van der Waals surface area contributed by atoms with Crippen molar-refractivity contribution in [3.63, 3.8) is 0 Å². The summed E-state index contributed by atoms with van der Waals surface area (Å²) in [6.07, 6.45) is -0.250. The normalized spacial score (nSPS) is 17.2. The number of benzene rings is 2. The first-order chi connectivity index (χ1) is 46.9. The van der Waals surface area contributed by atoms with E-state index < -0.39 is 161 Å². The Morgan fingerprint density at radius 3 is 1.92 bits per heavy atom. The highest BCUT2D eigenvalue weighted by Gasteiger charge is 2.50. The van der Waals surface area contributed by atoms with E-state index in [1.165, 1.54) is 105 Å². The zero-order valence-corrected chi connectivity index (χ0v) is 61.2. The van der Waals surface area contributed by atoms with Gasteiger partial charge in [0.25, 0.3) is 5.91 Å². The summed E-state index contributed by atoms with van der Waals surface area (Å²) in [6, 6.07) is 0.852. The van der Waals surface area contributed by atoms with Gasteiger partial charge in [-0.05, 0) is 118 Å². The van der Waals surface area contributed by atoms with Crippen LogP contribution < -0.4 is 10.6 Å². The predicted molar refractivity (Wildman–Crippen MR) is 368 cm³/mol. The molecule has 2 aromatic rings. The maximum absolute atomic E-state index is 15.3. The van der Waals surface area contributed by atoms with Gasteiger partial charge in [0, 0.05) is 88.4 Å². The summed E-state index contributed by atoms with van der Waals surface area (Å²) in [5.74, 6) is -8.66. The summed E-state index contributed by atoms with van der Waals surface area (Å²) in [5, 5.41) is 5.04. The molecule has 100 heavy (non-hydrogen) atoms. The largest absolute Gasteiger partial charge is 0.417 e. The smallest absolute Gasteiger partial charge is 0.343 e. The Morgan fingerprint density at radius 2 is 1.35 bits per heavy atom. The molecule has 0 aromatic heterocycles. The highest BCUT2D eigenvalue weighted by molar-refractivity contribution is 6.39. The molecule has 0 radical (unpaired) electrons. The van der Waals surface area contributed by atoms with Gasteiger partial charge in [-0.15, -0.1) is 0 Å². The lowest BCUT2D eigenvalue weighted by atomic mass is 9.91. The van der Waals surface area contributed by atoms with E-state index in [0.29, 0.717) is 45.1 Å². The lowest BCUT2D eigenvalue weighted by Gasteiger charge is -2.41. The Bertz CT molecular complexity index is 3310. The molecule has 1 aliphatic carbocycles. The number of aldehydes is 1. The van der Waals surface area contributed by atoms with Crippen LogP contribution in [-0.4, -0.2) is 259 Å². The summed E-state index contributed by atoms with van der Waals surface area (Å²) >= 11 is 6.12. The lowest BCUT2D eigenvalue weighted by Crippen LogP contribution is -2.65. The van der Waals surface area contributed by atoms with Crippen molar-refractivity contribution in [3.8, 4) is 0 Å². The van der Waals surface area contributed by atoms with Crippen LogP contribution in [0.2, 0.25) is 5.02 Å². The van der Waals surface area contributed by atoms with Crippen LogP contribution >= 0.6 is 11.6 Å². The van der Waals surface area contributed by atoms with Crippen molar-refractivity contribution >= 4 is 88.6 Å². The van der Waals surface area contributed by atoms with Crippen molar-refractivity contribution in [2.75, 3.05) is 95.6 Å². The number of aryl methyl sites for hydroxylation is 1. The van der Waals surface area contributed by atoms with E-state index >= 15 is 14.4 Å². The number of aliphatic imine (C=N–C) groups is 1. The van der Waals surface area contributed by atoms with Gasteiger partial charge in [-0.25, -0.2) is 4.39 Å². The molecule has 5 rings (SSSR count). The number of hydrogen-bond acceptors (Lipinski definition) is 13. The van der Waals surface area contributed by atoms with Crippen LogP contribution in [0.5, 0.6) is 0 Å². The van der Waals surface area contributed by atoms with E-state index in [-0.39, 0.29) is 80.2 Å². The first-order valence-corrected chi connectivity index (χ1v) is 34.8. The fraction of sp³-hybridized carbons (Fsp3) is 0.648. The number of likely N-dealkylation sites (N-methyl/N-ethyl adjacent to an activating group) is 7. The molecule has 29 heteroatoms. The van der Waals surface area contributed by atoms with Crippen LogP contribution in [0.3, 0.4) is 0 Å². The Kier molecular flexibility index (Phi) is 30.6. The molecule has 2 N–H and O–H groups in total. The van der Waals surface area contributed by atoms with Gasteiger partial charge < -0.3 is 59.5 Å². The number of hydrogen-bond donors (Lipinski definition) is 2. The number of nitrogens with zero attached hydrogens (tertiary/aromatic N) is 10. The number of rotatable bonds is 32. The van der Waals surface area contributed by atoms with Crippen molar-refractivity contribution in [1.82, 2.24) is 54.7 Å². The number of nitrogens with one attached hydrogen (secondary N) is 2. The van der Waals surface area contributed by atoms with Crippen LogP contribution in [0.1, 0.15) is 142 Å². The second kappa shape index (κ2) is 37.0. The molecule has 7 atom stereocenters. The van der Waals surface area contributed by atoms with Gasteiger partial charge in [-0.2, -0.15) is 13.2 Å². The maximum atomic E-state index is 15.3. The third-order valence-corrected chi connectivity index (χ3v) is 19.9. The molecule has 24 nitrogen and oxygen atoms in total. The molecule has 2 aromatic carbocycles. The topological polar surface area (TPSA) is 270 Å². The van der Waals surface area contributed by atoms with Gasteiger partial charge in [0.1, 0.15) is 53.6 Å². The maximum Gasteiger partial charge on any atom is 0.417 e. The molecule has 0 bridgehead atoms. The number of amides is 11. The number of carbonyl (C=O) groups excluding carboxylic acids is 12. The molecule has 11 amide bonds. The van der Waals surface area contributed by atoms with Crippen LogP contribution in [0.25, 0.3) is 0 Å². The van der Waals surface area contributed by atoms with Crippen LogP contribution in [0.4, 0.5) is 17.6 Å². The number of alkyl halides is 3. The Morgan fingerprint density at radius 1 is 0.710 bits per heavy atom. The zero-order valence-electron chi connectivity index (χ0n) is 60.4. The third-order valence-electron chi connectivity index (χ3n) is 19.6. The van der Waals surface area contributed by atoms with Gasteiger partial charge in [0.05, 0.1) is 42.7 Å². The van der Waals surface area contributed by atoms with Gasteiger partial charge in [0.2, 0.25) is 59.1 Å². The van der Waals surface area contributed by atoms with E-state index in [1.807, 2.05) is 27.7 Å². The fourth-order valence-electron chi connectivity index (χ4n) is 13.4. The monoisotopic (exact) mass is 1430 g/mol. The van der Waals surface area contributed by atoms with E-state index in [4.69, 9.17) is 11.6 Å². The molecule has 0 unspecified atom stereocenters. The van der Waals surface area contributed by atoms with Crippen LogP contribution in [0, 0.1) is 23.6 Å². The first kappa shape index (κ1) is 82.6. The molecular weight excluding hydrogens is 1320 g/mol. The number of likely N-dealkylation sites (tertiary alicyclic amines) is 2. The highest BCUT2D eigenvalue weighted by Crippen LogP contribution is 2.37. The molecule has 0 spiro atoms. The summed E-state index contributed by atoms with van der Waals surface area (Å²) in [7, 11) is 11.1. The SMILES string of the molecule is CC[C@H](C)C(=NC)C(=O)N(C)CC(=O)N(C)CC(=O)N(C)[C@@H](Cc1cccc(F)c1)C(=O)N(C)CC(=O)N[C@@H](CCc1ccc(C(F)(F)F)c(Cl)c1)C(=O)N1CCC[C@H]1C(=O)NC1(C(=O)N(C)[C@H](C(=O)N(C)[C@@H](CC(=O)N(C)[C@H](C=O)CC(C)C)C(=O)N2CCCCC2)C(C)C)CCCC1. The molecule has 3 aliphatic rings. The van der Waals surface area contributed by atoms with Crippen molar-refractivity contribution < 1.29 is 75.1 Å². The van der Waals surface area contributed by atoms with Gasteiger partial charge in [-0.1, -0.05) is 84.2 Å². The number of piperidine rings is 1. The summed E-state index contributed by atoms with van der Waals surface area (Å²) < 4.78 is 56.2. The fourth-order valence-corrected chi connectivity index (χ4v) is 13.7. The summed E-state index contributed by atoms with van der Waals surface area (Å²) in [6.45, 7) is 10.1. The van der Waals surface area contributed by atoms with E-state index in [2.05, 4.69) is 15.6 Å². The van der Waals surface area contributed by atoms with Crippen molar-refractivity contribution in [2.24, 2.45) is 22.7 Å². The van der Waals surface area contributed by atoms with Crippen molar-refractivity contribution in [1.29, 1.82) is 0 Å². The lowest BCUT2D eigenvalue weighted by molar-refractivity contribution is -0.156. The standard InChI is InChI=1S/C71H103ClF4N12O12/c1-15-46(6)61(77-7)67(98)82(10)41-59(92)80(8)42-60(93)84(12)55(38-48-23-21-24-49(73)36-48)65(96)81(9)40-57(90)78-53(29-27-47-26-28-51(52(72)37-47)71(74,75)76)64(95)88-34-22-25-54(88)63(94)79-70(30-17-18-31-70)69(100)86(14)62(45(4)5)68(99)85(13)56(66(97)87-32-19-16-20-33-87)39-58(91)83(11)50(43-89)35-44(2)3/h21,23-24,26,28,36-37,43-46,50,53-56,62H,15-20,22,25,27,29-35,38-42H2,1-14H3,(H,78,90)(H,79,94)/t46-,50-,53-,54-,55-,56-,62-/m0/s1. The van der Waals surface area contributed by atoms with Crippen LogP contribution in [0.15, 0.2) is 47.5 Å². The second-order valence-electron chi connectivity index (χ2n) is 27.8. The average Bonchev–Trinajstić information content (AvgIpc) is 1.49. The van der Waals surface area contributed by atoms with E-state index in [9.17, 15) is 60.7 Å². The zero-order chi connectivity index (χ0) is 74.8. The van der Waals surface area contributed by atoms with Crippen LogP contribution in [-0.2, 0) is 76.6 Å². The highest BCUT2D eigenvalue weighted by atomic mass is 35.5. The minimum atomic E-state index is -4.79. The average molecular weight is 1430 g/mol. The molecule has 3 fully saturated rings. The molecule has 2 saturated heterocycles. The Labute approximate surface area is 590 Å². The van der Waals surface area contributed by atoms with Gasteiger partial charge >= 0.3 is 6.18 Å². The molecule has 554 valence electrons. The Hall–Kier alpha value is -8.04. The number of halogens is 5. The van der Waals surface area contributed by atoms with Gasteiger partial charge in [0.15, 0.2) is 0 Å². The molecule has 2 aliphatic heterocycles. The third kappa shape index (κ3) is 21.5. The predicted octanol–water partition coefficient (Wildman–Crippen LogP) is 5.68. The van der Waals surface area contributed by atoms with E-state index in [0.717, 1.165) is 52.2 Å². The Balaban J connectivity index is 1.40. The van der Waals surface area contributed by atoms with Gasteiger partial charge in [-0.3, -0.25) is 57.7 Å². The minimum Gasteiger partial charge on any atom is -0.343 e. The quantitative estimate of drug-likeness (QED) is 0.0509. The molecular formula is C71H103ClF4N12O12. The summed E-state index contributed by atoms with van der Waals surface area (Å²) in [5.41, 5.74) is -1.89. The second-order valence-corrected chi connectivity index (χ2v) is 28.2. The molecule has 2 heterocycles. The summed E-state index contributed by atoms with van der Waals surface area (Å²) in [4.78, 5) is 186. The van der Waals surface area contributed by atoms with E-state index in [1.54, 1.807) is 18.7 Å². The molecule has 1 saturated carbocycles. The number of carbonyl (C=O) groups is 12.